The van der Waals surface area contributed by atoms with Gasteiger partial charge >= 0.3 is 0 Å². The van der Waals surface area contributed by atoms with Gasteiger partial charge in [-0.05, 0) is 61.4 Å². The van der Waals surface area contributed by atoms with Crippen molar-refractivity contribution in [3.8, 4) is 0 Å². The molecule has 0 fully saturated rings. The highest BCUT2D eigenvalue weighted by Gasteiger charge is 2.28. The van der Waals surface area contributed by atoms with Crippen molar-refractivity contribution in [1.29, 1.82) is 0 Å². The molecule has 4 N–H and O–H groups in total. The zero-order valence-electron chi connectivity index (χ0n) is 21.8. The van der Waals surface area contributed by atoms with E-state index in [9.17, 15) is 40.5 Å². The van der Waals surface area contributed by atoms with Gasteiger partial charge in [0.1, 0.15) is 22.7 Å². The Balaban J connectivity index is 1.80. The lowest BCUT2D eigenvalue weighted by Crippen LogP contribution is -2.06. The van der Waals surface area contributed by atoms with Crippen molar-refractivity contribution in [2.45, 2.75) is 13.8 Å². The molecule has 212 valence electrons. The van der Waals surface area contributed by atoms with Gasteiger partial charge in [-0.25, -0.2) is 0 Å². The van der Waals surface area contributed by atoms with Crippen LogP contribution in [-0.2, 0) is 0 Å². The van der Waals surface area contributed by atoms with E-state index in [1.165, 1.54) is 24.3 Å². The standard InChI is InChI=1S/C26H20N8O8/c1-13-3-5-15-7-17(13)29-21-10-22(26(34(41)42)12-25(21)33(39)40)30-18-8-16(6-4-14(18)2)28-20-9-19(27-15)23(31(35)36)11-24(20)32(37)38/h3-12,27-30H,1-2H3. The Kier molecular flexibility index (Phi) is 6.71. The molecule has 0 aliphatic carbocycles. The van der Waals surface area contributed by atoms with Crippen LogP contribution in [0.3, 0.4) is 0 Å². The largest absolute Gasteiger partial charge is 0.350 e. The van der Waals surface area contributed by atoms with Crippen molar-refractivity contribution < 1.29 is 19.7 Å². The summed E-state index contributed by atoms with van der Waals surface area (Å²) in [5, 5.41) is 59.3. The average Bonchev–Trinajstić information content (AvgIpc) is 2.91. The number of aryl methyl sites for hydroxylation is 2. The predicted octanol–water partition coefficient (Wildman–Crippen LogP) is 7.22. The molecule has 0 saturated heterocycles. The number of nitrogens with one attached hydrogen (secondary N) is 4. The van der Waals surface area contributed by atoms with Gasteiger partial charge in [0, 0.05) is 22.7 Å². The Morgan fingerprint density at radius 3 is 1.05 bits per heavy atom. The quantitative estimate of drug-likeness (QED) is 0.124. The van der Waals surface area contributed by atoms with E-state index in [1.807, 2.05) is 0 Å². The Bertz CT molecular complexity index is 1720. The van der Waals surface area contributed by atoms with Crippen molar-refractivity contribution >= 4 is 68.2 Å². The summed E-state index contributed by atoms with van der Waals surface area (Å²) in [6, 6.07) is 13.7. The molecule has 0 saturated carbocycles. The van der Waals surface area contributed by atoms with Crippen LogP contribution in [0.5, 0.6) is 0 Å². The summed E-state index contributed by atoms with van der Waals surface area (Å²) in [6.45, 7) is 3.43. The van der Waals surface area contributed by atoms with Gasteiger partial charge in [-0.2, -0.15) is 0 Å². The van der Waals surface area contributed by atoms with Gasteiger partial charge in [-0.3, -0.25) is 40.5 Å². The highest BCUT2D eigenvalue weighted by atomic mass is 16.6. The maximum atomic E-state index is 11.9. The molecule has 0 radical (unpaired) electrons. The first-order chi connectivity index (χ1) is 19.9. The molecule has 4 aromatic rings. The van der Waals surface area contributed by atoms with E-state index < -0.39 is 42.4 Å². The number of benzene rings is 4. The van der Waals surface area contributed by atoms with E-state index >= 15 is 0 Å². The summed E-state index contributed by atoms with van der Waals surface area (Å²) in [6.07, 6.45) is 0. The minimum atomic E-state index is -0.750. The zero-order chi connectivity index (χ0) is 30.3. The summed E-state index contributed by atoms with van der Waals surface area (Å²) in [5.74, 6) is 0. The second-order valence-corrected chi connectivity index (χ2v) is 9.36. The normalized spacial score (nSPS) is 11.7. The number of nitro benzene ring substituents is 4. The van der Waals surface area contributed by atoms with Gasteiger partial charge in [0.25, 0.3) is 22.7 Å². The molecule has 5 rings (SSSR count). The summed E-state index contributed by atoms with van der Waals surface area (Å²) in [4.78, 5) is 44.6. The third-order valence-corrected chi connectivity index (χ3v) is 6.59. The number of nitrogens with zero attached hydrogens (tertiary/aromatic N) is 4. The van der Waals surface area contributed by atoms with Crippen LogP contribution in [0.2, 0.25) is 0 Å². The third kappa shape index (κ3) is 5.14. The van der Waals surface area contributed by atoms with E-state index in [-0.39, 0.29) is 22.7 Å². The Hall–Kier alpha value is -6.32. The lowest BCUT2D eigenvalue weighted by molar-refractivity contribution is -0.393. The van der Waals surface area contributed by atoms with Crippen molar-refractivity contribution in [3.05, 3.63) is 112 Å². The first-order valence-electron chi connectivity index (χ1n) is 12.1. The molecule has 1 aliphatic heterocycles. The van der Waals surface area contributed by atoms with Crippen LogP contribution in [0.25, 0.3) is 0 Å². The fourth-order valence-corrected chi connectivity index (χ4v) is 4.43. The van der Waals surface area contributed by atoms with Crippen LogP contribution < -0.4 is 21.3 Å². The fourth-order valence-electron chi connectivity index (χ4n) is 4.43. The number of hydrogen-bond donors (Lipinski definition) is 4. The second kappa shape index (κ2) is 10.3. The minimum absolute atomic E-state index is 0.0454. The van der Waals surface area contributed by atoms with E-state index in [1.54, 1.807) is 38.1 Å². The van der Waals surface area contributed by atoms with Crippen molar-refractivity contribution in [1.82, 2.24) is 0 Å². The number of nitro groups is 4. The molecule has 0 atom stereocenters. The molecule has 1 aliphatic rings. The maximum absolute atomic E-state index is 11.9. The molecule has 0 amide bonds. The van der Waals surface area contributed by atoms with E-state index in [0.717, 1.165) is 12.1 Å². The molecular formula is C26H20N8O8. The molecule has 8 bridgehead atoms. The molecule has 0 aromatic heterocycles. The summed E-state index contributed by atoms with van der Waals surface area (Å²) in [7, 11) is 0. The highest BCUT2D eigenvalue weighted by molar-refractivity contribution is 5.87. The van der Waals surface area contributed by atoms with Crippen LogP contribution in [0.1, 0.15) is 11.1 Å². The van der Waals surface area contributed by atoms with Crippen molar-refractivity contribution in [2.24, 2.45) is 0 Å². The number of anilines is 8. The van der Waals surface area contributed by atoms with Gasteiger partial charge in [0.15, 0.2) is 0 Å². The molecule has 16 heteroatoms. The SMILES string of the molecule is Cc1ccc2cc1Nc1cc(c([N+](=O)[O-])cc1[N+](=O)[O-])Nc1cc(ccc1C)Nc1cc(c([N+](=O)[O-])cc1[N+](=O)[O-])N2. The molecule has 0 spiro atoms. The Morgan fingerprint density at radius 2 is 0.738 bits per heavy atom. The number of hydrogen-bond acceptors (Lipinski definition) is 12. The van der Waals surface area contributed by atoms with Crippen LogP contribution >= 0.6 is 0 Å². The maximum Gasteiger partial charge on any atom is 0.299 e. The third-order valence-electron chi connectivity index (χ3n) is 6.59. The first-order valence-corrected chi connectivity index (χ1v) is 12.1. The molecule has 1 heterocycles. The summed E-state index contributed by atoms with van der Waals surface area (Å²) < 4.78 is 0. The molecule has 0 unspecified atom stereocenters. The van der Waals surface area contributed by atoms with Gasteiger partial charge in [-0.15, -0.1) is 0 Å². The Morgan fingerprint density at radius 1 is 0.429 bits per heavy atom. The van der Waals surface area contributed by atoms with Crippen LogP contribution in [0.4, 0.5) is 68.2 Å². The summed E-state index contributed by atoms with van der Waals surface area (Å²) >= 11 is 0. The lowest BCUT2D eigenvalue weighted by Gasteiger charge is -2.17. The van der Waals surface area contributed by atoms with E-state index in [4.69, 9.17) is 0 Å². The smallest absolute Gasteiger partial charge is 0.299 e. The monoisotopic (exact) mass is 572 g/mol. The number of fused-ring (bicyclic) bond motifs is 8. The molecule has 42 heavy (non-hydrogen) atoms. The second-order valence-electron chi connectivity index (χ2n) is 9.36. The van der Waals surface area contributed by atoms with E-state index in [2.05, 4.69) is 21.3 Å². The Labute approximate surface area is 235 Å². The first kappa shape index (κ1) is 27.3. The summed E-state index contributed by atoms with van der Waals surface area (Å²) in [5.41, 5.74) is 0.226. The van der Waals surface area contributed by atoms with Gasteiger partial charge in [0.05, 0.1) is 31.8 Å². The van der Waals surface area contributed by atoms with Crippen LogP contribution in [0, 0.1) is 54.3 Å². The van der Waals surface area contributed by atoms with Crippen molar-refractivity contribution in [3.63, 3.8) is 0 Å². The fraction of sp³-hybridized carbons (Fsp3) is 0.0769. The topological polar surface area (TPSA) is 221 Å². The lowest BCUT2D eigenvalue weighted by atomic mass is 10.1. The van der Waals surface area contributed by atoms with Gasteiger partial charge in [-0.1, -0.05) is 12.1 Å². The number of rotatable bonds is 4. The molecular weight excluding hydrogens is 552 g/mol. The van der Waals surface area contributed by atoms with Crippen LogP contribution in [0.15, 0.2) is 60.7 Å². The average molecular weight is 572 g/mol. The van der Waals surface area contributed by atoms with Crippen LogP contribution in [-0.4, -0.2) is 19.7 Å². The predicted molar refractivity (Wildman–Crippen MR) is 155 cm³/mol. The van der Waals surface area contributed by atoms with E-state index in [0.29, 0.717) is 33.9 Å². The van der Waals surface area contributed by atoms with Gasteiger partial charge in [0.2, 0.25) is 0 Å². The van der Waals surface area contributed by atoms with Gasteiger partial charge < -0.3 is 21.3 Å². The minimum Gasteiger partial charge on any atom is -0.350 e. The zero-order valence-corrected chi connectivity index (χ0v) is 21.8. The highest BCUT2D eigenvalue weighted by Crippen LogP contribution is 2.43. The molecule has 4 aromatic carbocycles. The molecule has 16 nitrogen and oxygen atoms in total. The van der Waals surface area contributed by atoms with Crippen molar-refractivity contribution in [2.75, 3.05) is 21.3 Å².